The van der Waals surface area contributed by atoms with Gasteiger partial charge in [0.2, 0.25) is 0 Å². The van der Waals surface area contributed by atoms with Gasteiger partial charge in [-0.25, -0.2) is 0 Å². The number of rotatable bonds is 0. The maximum absolute atomic E-state index is 0. The van der Waals surface area contributed by atoms with Crippen LogP contribution in [0.4, 0.5) is 0 Å². The van der Waals surface area contributed by atoms with Crippen molar-refractivity contribution in [3.05, 3.63) is 0 Å². The van der Waals surface area contributed by atoms with Crippen LogP contribution in [0.1, 0.15) is 0 Å². The zero-order valence-electron chi connectivity index (χ0n) is 1.77. The molecule has 1 atom stereocenters. The molecule has 0 aliphatic carbocycles. The van der Waals surface area contributed by atoms with Crippen molar-refractivity contribution in [2.24, 2.45) is 0 Å². The minimum Gasteiger partial charge on any atom is 0 e. The van der Waals surface area contributed by atoms with E-state index in [1.165, 1.54) is 0 Å². The predicted molar refractivity (Wildman–Crippen MR) is 19.6 cm³/mol. The second-order valence-corrected chi connectivity index (χ2v) is 0. The molecular weight excluding hydrogens is 192 g/mol. The van der Waals surface area contributed by atoms with E-state index in [0.29, 0.717) is 0 Å². The maximum atomic E-state index is 0. The van der Waals surface area contributed by atoms with E-state index < -0.39 is 0 Å². The van der Waals surface area contributed by atoms with Crippen LogP contribution in [-0.4, -0.2) is 37.7 Å². The van der Waals surface area contributed by atoms with Gasteiger partial charge in [0.25, 0.3) is 0 Å². The van der Waals surface area contributed by atoms with E-state index in [1.54, 1.807) is 0 Å². The van der Waals surface area contributed by atoms with E-state index in [0.717, 1.165) is 0 Å². The summed E-state index contributed by atoms with van der Waals surface area (Å²) in [6.45, 7) is 0. The molecule has 0 aromatic carbocycles. The van der Waals surface area contributed by atoms with Crippen molar-refractivity contribution in [1.82, 2.24) is 0 Å². The first-order chi connectivity index (χ1) is 0. The van der Waals surface area contributed by atoms with Crippen LogP contribution in [0.2, 0.25) is 0 Å². The van der Waals surface area contributed by atoms with Crippen molar-refractivity contribution in [2.75, 3.05) is 0 Å². The Bertz CT molecular complexity index is 8.00. The fraction of sp³-hybridized carbons (Fsp3) is 0. The smallest absolute Gasteiger partial charge is 0 e. The summed E-state index contributed by atoms with van der Waals surface area (Å²) in [6.07, 6.45) is 0. The van der Waals surface area contributed by atoms with Crippen molar-refractivity contribution in [1.29, 1.82) is 0 Å². The molecule has 0 fully saturated rings. The second-order valence-electron chi connectivity index (χ2n) is 0. The first-order valence-corrected chi connectivity index (χ1v) is 0. The zero-order valence-corrected chi connectivity index (χ0v) is 7.25. The molecule has 0 heterocycles. The average Bonchev–Trinajstić information content (AvgIpc) is 0. The topological polar surface area (TPSA) is 0 Å². The monoisotopic (exact) mass is 196 g/mol. The standard InChI is InChI=1S/Ca.Fe.H3P.Zn.2H/h;;1H3;;;. The summed E-state index contributed by atoms with van der Waals surface area (Å²) in [5.41, 5.74) is 0. The molecule has 0 rings (SSSR count). The minimum absolute atomic E-state index is 0. The molecule has 0 aromatic rings. The molecule has 0 nitrogen and oxygen atoms in total. The van der Waals surface area contributed by atoms with Gasteiger partial charge in [0.05, 0.1) is 0 Å². The van der Waals surface area contributed by atoms with E-state index in [2.05, 4.69) is 0 Å². The van der Waals surface area contributed by atoms with Gasteiger partial charge in [-0.2, -0.15) is 9.90 Å². The molecule has 0 amide bonds. The fourth-order valence-electron chi connectivity index (χ4n) is 0. The molecule has 0 spiro atoms. The molecule has 0 aromatic heterocycles. The molecule has 22 valence electrons. The predicted octanol–water partition coefficient (Wildman–Crippen LogP) is -0.863. The van der Waals surface area contributed by atoms with Crippen LogP contribution in [0.3, 0.4) is 0 Å². The van der Waals surface area contributed by atoms with Crippen LogP contribution in [0, 0.1) is 0 Å². The Morgan fingerprint density at radius 3 is 1.00 bits per heavy atom. The van der Waals surface area contributed by atoms with Crippen LogP contribution in [-0.2, 0) is 36.5 Å². The SMILES string of the molecule is P.[CaH2].[Fe].[Zn]. The zero-order chi connectivity index (χ0) is 0. The van der Waals surface area contributed by atoms with Gasteiger partial charge in [-0.15, -0.1) is 0 Å². The molecule has 0 saturated heterocycles. The van der Waals surface area contributed by atoms with Crippen LogP contribution < -0.4 is 0 Å². The fourth-order valence-corrected chi connectivity index (χ4v) is 0. The summed E-state index contributed by atoms with van der Waals surface area (Å²) < 4.78 is 0. The summed E-state index contributed by atoms with van der Waals surface area (Å²) in [4.78, 5) is 0. The van der Waals surface area contributed by atoms with E-state index in [-0.39, 0.29) is 84.2 Å². The van der Waals surface area contributed by atoms with Crippen molar-refractivity contribution >= 4 is 47.6 Å². The third-order valence-electron chi connectivity index (χ3n) is 0. The Hall–Kier alpha value is 2.83. The van der Waals surface area contributed by atoms with E-state index >= 15 is 0 Å². The third kappa shape index (κ3) is 8.85. The normalized spacial score (nSPS) is 0. The Morgan fingerprint density at radius 1 is 1.00 bits per heavy atom. The molecular formula is H5CaFePZn. The van der Waals surface area contributed by atoms with Gasteiger partial charge in [-0.3, -0.25) is 0 Å². The van der Waals surface area contributed by atoms with Gasteiger partial charge in [0.1, 0.15) is 0 Å². The first-order valence-electron chi connectivity index (χ1n) is 0. The Labute approximate surface area is 82.7 Å². The van der Waals surface area contributed by atoms with Crippen LogP contribution in [0.5, 0.6) is 0 Å². The third-order valence-corrected chi connectivity index (χ3v) is 0. The van der Waals surface area contributed by atoms with E-state index in [4.69, 9.17) is 0 Å². The summed E-state index contributed by atoms with van der Waals surface area (Å²) in [7, 11) is 0. The van der Waals surface area contributed by atoms with Crippen molar-refractivity contribution in [3.63, 3.8) is 0 Å². The maximum Gasteiger partial charge on any atom is 0 e. The summed E-state index contributed by atoms with van der Waals surface area (Å²) in [5.74, 6) is 0. The molecule has 1 unspecified atom stereocenters. The molecule has 0 aliphatic heterocycles. The van der Waals surface area contributed by atoms with Gasteiger partial charge in [0, 0.05) is 36.5 Å². The summed E-state index contributed by atoms with van der Waals surface area (Å²) >= 11 is 0. The Balaban J connectivity index is 0. The quantitative estimate of drug-likeness (QED) is 0.350. The molecule has 0 N–H and O–H groups in total. The Morgan fingerprint density at radius 2 is 1.00 bits per heavy atom. The summed E-state index contributed by atoms with van der Waals surface area (Å²) in [6, 6.07) is 0. The van der Waals surface area contributed by atoms with Crippen molar-refractivity contribution in [3.8, 4) is 0 Å². The number of hydrogen-bond acceptors (Lipinski definition) is 0. The molecule has 0 bridgehead atoms. The van der Waals surface area contributed by atoms with Crippen LogP contribution in [0.25, 0.3) is 0 Å². The van der Waals surface area contributed by atoms with E-state index in [9.17, 15) is 0 Å². The first kappa shape index (κ1) is 29.0. The largest absolute Gasteiger partial charge is 0 e. The van der Waals surface area contributed by atoms with Crippen molar-refractivity contribution in [2.45, 2.75) is 0 Å². The molecule has 0 radical (unpaired) electrons. The molecule has 4 heavy (non-hydrogen) atoms. The van der Waals surface area contributed by atoms with E-state index in [1.807, 2.05) is 0 Å². The van der Waals surface area contributed by atoms with Gasteiger partial charge in [-0.05, 0) is 0 Å². The molecule has 4 heteroatoms. The molecule has 0 aliphatic rings. The van der Waals surface area contributed by atoms with Crippen LogP contribution >= 0.6 is 9.90 Å². The van der Waals surface area contributed by atoms with Gasteiger partial charge in [0.15, 0.2) is 0 Å². The molecule has 0 saturated carbocycles. The van der Waals surface area contributed by atoms with Gasteiger partial charge < -0.3 is 0 Å². The number of hydrogen-bond donors (Lipinski definition) is 0. The Kier molecular flexibility index (Phi) is 123. The van der Waals surface area contributed by atoms with Crippen molar-refractivity contribution < 1.29 is 36.5 Å². The van der Waals surface area contributed by atoms with Gasteiger partial charge >= 0.3 is 37.7 Å². The second kappa shape index (κ2) is 17.0. The van der Waals surface area contributed by atoms with Gasteiger partial charge in [-0.1, -0.05) is 0 Å². The summed E-state index contributed by atoms with van der Waals surface area (Å²) in [5, 5.41) is 0. The minimum atomic E-state index is 0. The average molecular weight is 197 g/mol. The van der Waals surface area contributed by atoms with Crippen LogP contribution in [0.15, 0.2) is 0 Å².